The molecule has 1 amide bonds. The van der Waals surface area contributed by atoms with Crippen LogP contribution in [0.1, 0.15) is 54.9 Å². The van der Waals surface area contributed by atoms with Gasteiger partial charge < -0.3 is 24.6 Å². The molecule has 0 radical (unpaired) electrons. The number of hydrogen-bond acceptors (Lipinski definition) is 5. The van der Waals surface area contributed by atoms with Gasteiger partial charge in [0.25, 0.3) is 5.91 Å². The lowest BCUT2D eigenvalue weighted by molar-refractivity contribution is -0.274. The molecule has 0 atom stereocenters. The van der Waals surface area contributed by atoms with Crippen molar-refractivity contribution < 1.29 is 42.1 Å². The Morgan fingerprint density at radius 1 is 1.11 bits per heavy atom. The van der Waals surface area contributed by atoms with Crippen molar-refractivity contribution >= 4 is 11.9 Å². The topological polar surface area (TPSA) is 94.1 Å². The monoisotopic (exact) mass is 509 g/mol. The zero-order valence-electron chi connectivity index (χ0n) is 20.2. The average Bonchev–Trinajstić information content (AvgIpc) is 2.83. The number of nitrogens with one attached hydrogen (secondary N) is 1. The first kappa shape index (κ1) is 27.2. The number of halogens is 3. The third-order valence-electron chi connectivity index (χ3n) is 6.50. The summed E-state index contributed by atoms with van der Waals surface area (Å²) in [7, 11) is 1.44. The van der Waals surface area contributed by atoms with Crippen molar-refractivity contribution in [3.63, 3.8) is 0 Å². The SMILES string of the molecule is CC[C@H]1CC[C@@](NC(=O)c2ccc(OC)c(OCCc3cccc(OC(F)(F)F)c3)c2)(C(=O)O)CC1. The molecule has 0 saturated heterocycles. The third-order valence-corrected chi connectivity index (χ3v) is 6.50. The van der Waals surface area contributed by atoms with E-state index in [2.05, 4.69) is 17.0 Å². The minimum Gasteiger partial charge on any atom is -0.493 e. The Kier molecular flexibility index (Phi) is 8.70. The van der Waals surface area contributed by atoms with Crippen molar-refractivity contribution in [1.82, 2.24) is 5.32 Å². The zero-order valence-corrected chi connectivity index (χ0v) is 20.2. The van der Waals surface area contributed by atoms with Gasteiger partial charge in [0, 0.05) is 12.0 Å². The number of ether oxygens (including phenoxy) is 3. The van der Waals surface area contributed by atoms with Crippen molar-refractivity contribution in [3.05, 3.63) is 53.6 Å². The number of benzene rings is 2. The van der Waals surface area contributed by atoms with E-state index in [4.69, 9.17) is 9.47 Å². The summed E-state index contributed by atoms with van der Waals surface area (Å²) in [4.78, 5) is 25.0. The van der Waals surface area contributed by atoms with Crippen molar-refractivity contribution in [3.8, 4) is 17.2 Å². The summed E-state index contributed by atoms with van der Waals surface area (Å²) in [5, 5.41) is 12.6. The highest BCUT2D eigenvalue weighted by atomic mass is 19.4. The predicted molar refractivity (Wildman–Crippen MR) is 125 cm³/mol. The minimum atomic E-state index is -4.78. The number of carboxylic acid groups (broad SMARTS) is 1. The van der Waals surface area contributed by atoms with Crippen LogP contribution in [-0.2, 0) is 11.2 Å². The fourth-order valence-electron chi connectivity index (χ4n) is 4.37. The minimum absolute atomic E-state index is 0.0916. The average molecular weight is 510 g/mol. The zero-order chi connectivity index (χ0) is 26.3. The van der Waals surface area contributed by atoms with Gasteiger partial charge in [-0.15, -0.1) is 13.2 Å². The summed E-state index contributed by atoms with van der Waals surface area (Å²) in [5.74, 6) is -0.833. The highest BCUT2D eigenvalue weighted by molar-refractivity contribution is 5.98. The number of amides is 1. The van der Waals surface area contributed by atoms with Crippen LogP contribution in [0.2, 0.25) is 0 Å². The Balaban J connectivity index is 1.68. The quantitative estimate of drug-likeness (QED) is 0.447. The van der Waals surface area contributed by atoms with E-state index in [-0.39, 0.29) is 30.1 Å². The largest absolute Gasteiger partial charge is 0.573 e. The Morgan fingerprint density at radius 3 is 2.44 bits per heavy atom. The maximum Gasteiger partial charge on any atom is 0.573 e. The van der Waals surface area contributed by atoms with Gasteiger partial charge in [-0.25, -0.2) is 4.79 Å². The van der Waals surface area contributed by atoms with Crippen molar-refractivity contribution in [2.45, 2.75) is 57.3 Å². The summed E-state index contributed by atoms with van der Waals surface area (Å²) < 4.78 is 52.4. The third kappa shape index (κ3) is 7.05. The second-order valence-electron chi connectivity index (χ2n) is 8.85. The number of rotatable bonds is 10. The Hall–Kier alpha value is -3.43. The van der Waals surface area contributed by atoms with Gasteiger partial charge >= 0.3 is 12.3 Å². The van der Waals surface area contributed by atoms with Crippen LogP contribution in [0.5, 0.6) is 17.2 Å². The normalized spacial score (nSPS) is 19.9. The lowest BCUT2D eigenvalue weighted by atomic mass is 9.75. The van der Waals surface area contributed by atoms with Crippen LogP contribution >= 0.6 is 0 Å². The molecule has 1 saturated carbocycles. The van der Waals surface area contributed by atoms with Crippen molar-refractivity contribution in [1.29, 1.82) is 0 Å². The number of carbonyl (C=O) groups excluding carboxylic acids is 1. The molecule has 1 fully saturated rings. The molecule has 0 unspecified atom stereocenters. The van der Waals surface area contributed by atoms with Crippen molar-refractivity contribution in [2.75, 3.05) is 13.7 Å². The first-order valence-electron chi connectivity index (χ1n) is 11.8. The summed E-state index contributed by atoms with van der Waals surface area (Å²) in [6.07, 6.45) is -1.34. The van der Waals surface area contributed by atoms with Crippen LogP contribution < -0.4 is 19.5 Å². The summed E-state index contributed by atoms with van der Waals surface area (Å²) in [6.45, 7) is 2.16. The fourth-order valence-corrected chi connectivity index (χ4v) is 4.37. The van der Waals surface area contributed by atoms with E-state index in [1.54, 1.807) is 12.1 Å². The molecule has 0 aliphatic heterocycles. The van der Waals surface area contributed by atoms with Crippen LogP contribution in [-0.4, -0.2) is 42.6 Å². The van der Waals surface area contributed by atoms with Crippen LogP contribution in [0.3, 0.4) is 0 Å². The molecule has 1 aliphatic carbocycles. The van der Waals surface area contributed by atoms with E-state index in [0.29, 0.717) is 30.1 Å². The molecule has 7 nitrogen and oxygen atoms in total. The first-order valence-corrected chi connectivity index (χ1v) is 11.8. The van der Waals surface area contributed by atoms with Crippen LogP contribution in [0.15, 0.2) is 42.5 Å². The van der Waals surface area contributed by atoms with Crippen LogP contribution in [0.25, 0.3) is 0 Å². The van der Waals surface area contributed by atoms with Gasteiger partial charge in [-0.1, -0.05) is 25.5 Å². The molecule has 2 aromatic carbocycles. The van der Waals surface area contributed by atoms with E-state index >= 15 is 0 Å². The molecular weight excluding hydrogens is 479 g/mol. The molecule has 1 aliphatic rings. The number of methoxy groups -OCH3 is 1. The predicted octanol–water partition coefficient (Wildman–Crippen LogP) is 5.37. The van der Waals surface area contributed by atoms with Gasteiger partial charge in [0.15, 0.2) is 11.5 Å². The number of carbonyl (C=O) groups is 2. The maximum atomic E-state index is 13.0. The fraction of sp³-hybridized carbons (Fsp3) is 0.462. The number of carboxylic acids is 1. The van der Waals surface area contributed by atoms with Gasteiger partial charge in [-0.3, -0.25) is 4.79 Å². The van der Waals surface area contributed by atoms with E-state index in [9.17, 15) is 27.9 Å². The smallest absolute Gasteiger partial charge is 0.493 e. The van der Waals surface area contributed by atoms with Crippen LogP contribution in [0, 0.1) is 5.92 Å². The molecule has 2 aromatic rings. The Labute approximate surface area is 207 Å². The lowest BCUT2D eigenvalue weighted by Gasteiger charge is -2.37. The number of hydrogen-bond donors (Lipinski definition) is 2. The molecule has 0 bridgehead atoms. The van der Waals surface area contributed by atoms with E-state index in [0.717, 1.165) is 19.3 Å². The Morgan fingerprint density at radius 2 is 1.83 bits per heavy atom. The van der Waals surface area contributed by atoms with Gasteiger partial charge in [0.05, 0.1) is 13.7 Å². The summed E-state index contributed by atoms with van der Waals surface area (Å²) >= 11 is 0. The van der Waals surface area contributed by atoms with Gasteiger partial charge in [0.1, 0.15) is 11.3 Å². The highest BCUT2D eigenvalue weighted by Crippen LogP contribution is 2.35. The van der Waals surface area contributed by atoms with Gasteiger partial charge in [0.2, 0.25) is 0 Å². The molecule has 36 heavy (non-hydrogen) atoms. The second kappa shape index (κ2) is 11.5. The second-order valence-corrected chi connectivity index (χ2v) is 8.85. The maximum absolute atomic E-state index is 13.0. The van der Waals surface area contributed by atoms with Crippen molar-refractivity contribution in [2.24, 2.45) is 5.92 Å². The number of alkyl halides is 3. The summed E-state index contributed by atoms with van der Waals surface area (Å²) in [5.41, 5.74) is -0.534. The van der Waals surface area contributed by atoms with E-state index in [1.165, 1.54) is 37.4 Å². The molecule has 0 aromatic heterocycles. The highest BCUT2D eigenvalue weighted by Gasteiger charge is 2.43. The number of aliphatic carboxylic acids is 1. The summed E-state index contributed by atoms with van der Waals surface area (Å²) in [6, 6.07) is 10.1. The Bertz CT molecular complexity index is 1060. The standard InChI is InChI=1S/C26H30F3NO6/c1-3-17-9-12-25(13-10-17,24(32)33)30-23(31)19-7-8-21(34-2)22(16-19)35-14-11-18-5-4-6-20(15-18)36-26(27,28)29/h4-8,15-17H,3,9-14H2,1-2H3,(H,30,31)(H,32,33)/t17-,25-. The first-order chi connectivity index (χ1) is 17.0. The van der Waals surface area contributed by atoms with E-state index < -0.39 is 23.8 Å². The molecular formula is C26H30F3NO6. The van der Waals surface area contributed by atoms with E-state index in [1.807, 2.05) is 0 Å². The lowest BCUT2D eigenvalue weighted by Crippen LogP contribution is -2.56. The van der Waals surface area contributed by atoms with Gasteiger partial charge in [-0.05, 0) is 67.5 Å². The van der Waals surface area contributed by atoms with Gasteiger partial charge in [-0.2, -0.15) is 0 Å². The molecule has 3 rings (SSSR count). The molecule has 2 N–H and O–H groups in total. The molecule has 0 heterocycles. The molecule has 10 heteroatoms. The molecule has 196 valence electrons. The molecule has 0 spiro atoms. The van der Waals surface area contributed by atoms with Crippen LogP contribution in [0.4, 0.5) is 13.2 Å².